The number of amides is 1. The smallest absolute Gasteiger partial charge is 0.227 e. The highest BCUT2D eigenvalue weighted by Gasteiger charge is 2.32. The van der Waals surface area contributed by atoms with Gasteiger partial charge in [-0.25, -0.2) is 0 Å². The summed E-state index contributed by atoms with van der Waals surface area (Å²) in [6, 6.07) is 2.13. The third kappa shape index (κ3) is 4.46. The molecular weight excluding hydrogens is 354 g/mol. The van der Waals surface area contributed by atoms with Gasteiger partial charge in [0.15, 0.2) is 5.82 Å². The van der Waals surface area contributed by atoms with Crippen molar-refractivity contribution in [1.29, 1.82) is 0 Å². The molecule has 2 aliphatic heterocycles. The number of carbonyl (C=O) groups is 1. The minimum Gasteiger partial charge on any atom is -0.380 e. The monoisotopic (exact) mass is 387 g/mol. The number of nitrogens with zero attached hydrogens (tertiary/aromatic N) is 4. The van der Waals surface area contributed by atoms with E-state index in [-0.39, 0.29) is 17.9 Å². The van der Waals surface area contributed by atoms with Crippen LogP contribution in [-0.4, -0.2) is 59.9 Å². The van der Waals surface area contributed by atoms with E-state index in [0.717, 1.165) is 88.4 Å². The van der Waals surface area contributed by atoms with Crippen LogP contribution in [0.3, 0.4) is 0 Å². The molecule has 1 aromatic heterocycles. The molecule has 2 unspecified atom stereocenters. The number of nitrogens with two attached hydrogens (primary N) is 1. The van der Waals surface area contributed by atoms with Gasteiger partial charge in [-0.1, -0.05) is 25.7 Å². The molecule has 3 heterocycles. The Balaban J connectivity index is 1.46. The highest BCUT2D eigenvalue weighted by Crippen LogP contribution is 2.27. The van der Waals surface area contributed by atoms with E-state index in [0.29, 0.717) is 6.54 Å². The Bertz CT molecular complexity index is 675. The van der Waals surface area contributed by atoms with Gasteiger partial charge in [0.25, 0.3) is 0 Å². The fourth-order valence-corrected chi connectivity index (χ4v) is 4.69. The summed E-state index contributed by atoms with van der Waals surface area (Å²) in [4.78, 5) is 17.5. The molecule has 1 aromatic rings. The van der Waals surface area contributed by atoms with Crippen molar-refractivity contribution in [3.63, 3.8) is 0 Å². The number of hydrogen-bond donors (Lipinski definition) is 1. The van der Waals surface area contributed by atoms with Gasteiger partial charge >= 0.3 is 0 Å². The topological polar surface area (TPSA) is 84.6 Å². The van der Waals surface area contributed by atoms with E-state index in [4.69, 9.17) is 10.5 Å². The van der Waals surface area contributed by atoms with Crippen LogP contribution in [0.4, 0.5) is 5.82 Å². The highest BCUT2D eigenvalue weighted by molar-refractivity contribution is 5.80. The molecule has 154 valence electrons. The molecule has 3 aliphatic rings. The molecule has 0 bridgehead atoms. The van der Waals surface area contributed by atoms with Crippen LogP contribution >= 0.6 is 0 Å². The first-order valence-corrected chi connectivity index (χ1v) is 10.9. The Hall–Kier alpha value is -1.73. The van der Waals surface area contributed by atoms with Crippen molar-refractivity contribution in [3.05, 3.63) is 17.3 Å². The van der Waals surface area contributed by atoms with E-state index < -0.39 is 0 Å². The van der Waals surface area contributed by atoms with Crippen molar-refractivity contribution in [2.45, 2.75) is 64.0 Å². The van der Waals surface area contributed by atoms with E-state index in [2.05, 4.69) is 21.2 Å². The van der Waals surface area contributed by atoms with Crippen LogP contribution in [0.5, 0.6) is 0 Å². The SMILES string of the molecule is NC1CCCCCCC1C(=O)N1CCc2nnc(N3CCCOCC3)cc2C1. The van der Waals surface area contributed by atoms with Gasteiger partial charge in [0.05, 0.1) is 18.2 Å². The number of rotatable bonds is 2. The molecule has 7 nitrogen and oxygen atoms in total. The molecule has 2 fully saturated rings. The molecule has 2 N–H and O–H groups in total. The molecule has 1 amide bonds. The van der Waals surface area contributed by atoms with Gasteiger partial charge < -0.3 is 20.3 Å². The summed E-state index contributed by atoms with van der Waals surface area (Å²) in [6.45, 7) is 4.66. The summed E-state index contributed by atoms with van der Waals surface area (Å²) in [6.07, 6.45) is 8.40. The summed E-state index contributed by atoms with van der Waals surface area (Å²) >= 11 is 0. The lowest BCUT2D eigenvalue weighted by atomic mass is 9.86. The Kier molecular flexibility index (Phi) is 6.42. The second-order valence-corrected chi connectivity index (χ2v) is 8.40. The fourth-order valence-electron chi connectivity index (χ4n) is 4.69. The van der Waals surface area contributed by atoms with Gasteiger partial charge in [0, 0.05) is 45.2 Å². The van der Waals surface area contributed by atoms with Gasteiger partial charge in [0.1, 0.15) is 0 Å². The van der Waals surface area contributed by atoms with Crippen LogP contribution in [-0.2, 0) is 22.5 Å². The first-order valence-electron chi connectivity index (χ1n) is 10.9. The van der Waals surface area contributed by atoms with Crippen LogP contribution < -0.4 is 10.6 Å². The molecule has 7 heteroatoms. The molecule has 28 heavy (non-hydrogen) atoms. The Morgan fingerprint density at radius 1 is 1.04 bits per heavy atom. The number of carbonyl (C=O) groups excluding carboxylic acids is 1. The molecule has 0 aromatic carbocycles. The summed E-state index contributed by atoms with van der Waals surface area (Å²) in [5.41, 5.74) is 8.56. The Morgan fingerprint density at radius 3 is 2.79 bits per heavy atom. The van der Waals surface area contributed by atoms with E-state index in [1.54, 1.807) is 0 Å². The van der Waals surface area contributed by atoms with Crippen molar-refractivity contribution < 1.29 is 9.53 Å². The van der Waals surface area contributed by atoms with E-state index in [1.807, 2.05) is 4.90 Å². The number of aromatic nitrogens is 2. The lowest BCUT2D eigenvalue weighted by molar-refractivity contribution is -0.137. The number of anilines is 1. The van der Waals surface area contributed by atoms with Crippen LogP contribution in [0.1, 0.15) is 56.2 Å². The molecular formula is C21H33N5O2. The molecule has 4 rings (SSSR count). The summed E-state index contributed by atoms with van der Waals surface area (Å²) in [5, 5.41) is 8.93. The zero-order valence-corrected chi connectivity index (χ0v) is 16.8. The lowest BCUT2D eigenvalue weighted by Crippen LogP contribution is -2.46. The second-order valence-electron chi connectivity index (χ2n) is 8.40. The molecule has 1 saturated carbocycles. The first-order chi connectivity index (χ1) is 13.7. The van der Waals surface area contributed by atoms with Crippen molar-refractivity contribution in [2.24, 2.45) is 11.7 Å². The summed E-state index contributed by atoms with van der Waals surface area (Å²) in [7, 11) is 0. The molecule has 1 saturated heterocycles. The van der Waals surface area contributed by atoms with Gasteiger partial charge in [-0.3, -0.25) is 4.79 Å². The predicted molar refractivity (Wildman–Crippen MR) is 108 cm³/mol. The van der Waals surface area contributed by atoms with Gasteiger partial charge in [0.2, 0.25) is 5.91 Å². The molecule has 0 radical (unpaired) electrons. The average molecular weight is 388 g/mol. The van der Waals surface area contributed by atoms with Crippen LogP contribution in [0.15, 0.2) is 6.07 Å². The first kappa shape index (κ1) is 19.6. The standard InChI is InChI=1S/C21H33N5O2/c22-18-7-4-2-1-3-6-17(18)21(27)26-10-8-19-16(15-26)14-20(24-23-19)25-9-5-12-28-13-11-25/h14,17-18H,1-13,15,22H2. The van der Waals surface area contributed by atoms with Crippen molar-refractivity contribution in [2.75, 3.05) is 37.7 Å². The Morgan fingerprint density at radius 2 is 1.89 bits per heavy atom. The highest BCUT2D eigenvalue weighted by atomic mass is 16.5. The Labute approximate surface area is 167 Å². The third-order valence-electron chi connectivity index (χ3n) is 6.42. The summed E-state index contributed by atoms with van der Waals surface area (Å²) < 4.78 is 5.55. The summed E-state index contributed by atoms with van der Waals surface area (Å²) in [5.74, 6) is 1.11. The number of ether oxygens (including phenoxy) is 1. The molecule has 2 atom stereocenters. The van der Waals surface area contributed by atoms with E-state index >= 15 is 0 Å². The van der Waals surface area contributed by atoms with Crippen LogP contribution in [0.2, 0.25) is 0 Å². The largest absolute Gasteiger partial charge is 0.380 e. The second kappa shape index (κ2) is 9.18. The van der Waals surface area contributed by atoms with Gasteiger partial charge in [-0.05, 0) is 30.9 Å². The minimum atomic E-state index is -0.0288. The molecule has 1 aliphatic carbocycles. The van der Waals surface area contributed by atoms with Gasteiger partial charge in [-0.2, -0.15) is 5.10 Å². The third-order valence-corrected chi connectivity index (χ3v) is 6.42. The quantitative estimate of drug-likeness (QED) is 0.834. The van der Waals surface area contributed by atoms with Crippen LogP contribution in [0, 0.1) is 5.92 Å². The van der Waals surface area contributed by atoms with Crippen molar-refractivity contribution in [3.8, 4) is 0 Å². The minimum absolute atomic E-state index is 0.00239. The maximum absolute atomic E-state index is 13.3. The van der Waals surface area contributed by atoms with Crippen molar-refractivity contribution in [1.82, 2.24) is 15.1 Å². The normalized spacial score (nSPS) is 26.8. The van der Waals surface area contributed by atoms with Crippen molar-refractivity contribution >= 4 is 11.7 Å². The maximum atomic E-state index is 13.3. The zero-order valence-electron chi connectivity index (χ0n) is 16.8. The van der Waals surface area contributed by atoms with E-state index in [9.17, 15) is 4.79 Å². The predicted octanol–water partition coefficient (Wildman–Crippen LogP) is 1.89. The van der Waals surface area contributed by atoms with E-state index in [1.165, 1.54) is 12.8 Å². The van der Waals surface area contributed by atoms with Gasteiger partial charge in [-0.15, -0.1) is 5.10 Å². The average Bonchev–Trinajstić information content (AvgIpc) is 2.99. The van der Waals surface area contributed by atoms with Crippen LogP contribution in [0.25, 0.3) is 0 Å². The zero-order chi connectivity index (χ0) is 19.3. The number of fused-ring (bicyclic) bond motifs is 1. The number of hydrogen-bond acceptors (Lipinski definition) is 6. The fraction of sp³-hybridized carbons (Fsp3) is 0.762. The maximum Gasteiger partial charge on any atom is 0.227 e. The molecule has 0 spiro atoms. The lowest BCUT2D eigenvalue weighted by Gasteiger charge is -2.34.